The van der Waals surface area contributed by atoms with Crippen LogP contribution in [0.4, 0.5) is 14.6 Å². The summed E-state index contributed by atoms with van der Waals surface area (Å²) in [7, 11) is 0. The second-order valence-electron chi connectivity index (χ2n) is 11.1. The Morgan fingerprint density at radius 2 is 1.81 bits per heavy atom. The van der Waals surface area contributed by atoms with E-state index in [0.29, 0.717) is 56.5 Å². The number of carbonyl (C=O) groups excluding carboxylic acids is 1. The summed E-state index contributed by atoms with van der Waals surface area (Å²) in [6, 6.07) is 13.6. The van der Waals surface area contributed by atoms with Gasteiger partial charge in [-0.25, -0.2) is 13.8 Å². The zero-order valence-corrected chi connectivity index (χ0v) is 24.7. The summed E-state index contributed by atoms with van der Waals surface area (Å²) >= 11 is 0. The van der Waals surface area contributed by atoms with Crippen LogP contribution in [0, 0.1) is 35.8 Å². The number of ether oxygens (including phenoxy) is 2. The van der Waals surface area contributed by atoms with Crippen LogP contribution in [0.5, 0.6) is 5.75 Å². The quantitative estimate of drug-likeness (QED) is 0.229. The molecule has 3 aromatic rings. The largest absolute Gasteiger partial charge is 0.485 e. The maximum absolute atomic E-state index is 15.1. The number of aryl methyl sites for hydroxylation is 1. The summed E-state index contributed by atoms with van der Waals surface area (Å²) < 4.78 is 40.7. The fourth-order valence-corrected chi connectivity index (χ4v) is 5.88. The Bertz CT molecular complexity index is 1480. The van der Waals surface area contributed by atoms with Gasteiger partial charge in [-0.2, -0.15) is 5.26 Å². The fourth-order valence-electron chi connectivity index (χ4n) is 5.88. The summed E-state index contributed by atoms with van der Waals surface area (Å²) in [5, 5.41) is 8.94. The molecule has 2 aromatic heterocycles. The number of nitriles is 1. The van der Waals surface area contributed by atoms with E-state index >= 15 is 4.39 Å². The van der Waals surface area contributed by atoms with E-state index in [0.717, 1.165) is 48.9 Å². The van der Waals surface area contributed by atoms with Crippen LogP contribution in [-0.2, 0) is 16.1 Å². The highest BCUT2D eigenvalue weighted by Crippen LogP contribution is 2.35. The van der Waals surface area contributed by atoms with Gasteiger partial charge in [0.1, 0.15) is 18.2 Å². The zero-order chi connectivity index (χ0) is 30.3. The summed E-state index contributed by atoms with van der Waals surface area (Å²) in [5.41, 5.74) is 3.25. The van der Waals surface area contributed by atoms with E-state index in [4.69, 9.17) is 24.7 Å². The monoisotopic (exact) mass is 589 g/mol. The Balaban J connectivity index is 1.29. The van der Waals surface area contributed by atoms with Gasteiger partial charge in [0.05, 0.1) is 30.8 Å². The molecule has 0 spiro atoms. The molecule has 5 rings (SSSR count). The van der Waals surface area contributed by atoms with Gasteiger partial charge in [0.25, 0.3) is 0 Å². The molecule has 1 aromatic carbocycles. The topological polar surface area (TPSA) is 91.6 Å². The minimum atomic E-state index is -0.802. The lowest BCUT2D eigenvalue weighted by molar-refractivity contribution is -0.148. The summed E-state index contributed by atoms with van der Waals surface area (Å²) in [6.45, 7) is 7.59. The minimum absolute atomic E-state index is 0.0658. The lowest BCUT2D eigenvalue weighted by Crippen LogP contribution is -2.37. The number of rotatable bonds is 9. The molecule has 0 N–H and O–H groups in total. The van der Waals surface area contributed by atoms with Gasteiger partial charge < -0.3 is 14.4 Å². The van der Waals surface area contributed by atoms with Crippen molar-refractivity contribution in [1.82, 2.24) is 14.9 Å². The molecule has 0 bridgehead atoms. The molecule has 226 valence electrons. The Labute approximate surface area is 251 Å². The van der Waals surface area contributed by atoms with Crippen molar-refractivity contribution in [3.8, 4) is 23.1 Å². The van der Waals surface area contributed by atoms with E-state index in [2.05, 4.69) is 15.9 Å². The number of pyridine rings is 2. The van der Waals surface area contributed by atoms with Crippen molar-refractivity contribution in [2.75, 3.05) is 44.2 Å². The number of halogens is 2. The lowest BCUT2D eigenvalue weighted by Gasteiger charge is -2.32. The van der Waals surface area contributed by atoms with Crippen molar-refractivity contribution in [3.05, 3.63) is 71.1 Å². The molecule has 0 saturated carbocycles. The van der Waals surface area contributed by atoms with Crippen molar-refractivity contribution in [2.45, 2.75) is 52.1 Å². The SMILES string of the molecule is CCOC(=O)C1CCN(c2cccc(-c3cc(F)cc(F)c3OCc3ccc(C4CCN(CC#N)CC4)nc3C)n2)CC1. The van der Waals surface area contributed by atoms with Crippen molar-refractivity contribution >= 4 is 11.8 Å². The van der Waals surface area contributed by atoms with Crippen molar-refractivity contribution < 1.29 is 23.0 Å². The molecular weight excluding hydrogens is 552 g/mol. The second kappa shape index (κ2) is 13.9. The number of hydrogen-bond acceptors (Lipinski definition) is 8. The van der Waals surface area contributed by atoms with E-state index in [1.165, 1.54) is 6.07 Å². The first-order chi connectivity index (χ1) is 20.9. The van der Waals surface area contributed by atoms with E-state index in [9.17, 15) is 9.18 Å². The van der Waals surface area contributed by atoms with Crippen molar-refractivity contribution in [3.63, 3.8) is 0 Å². The standard InChI is InChI=1S/C33H37F2N5O3/c1-3-42-33(41)24-11-16-40(17-12-24)31-6-4-5-30(38-31)27-19-26(34)20-28(35)32(27)43-21-25-7-8-29(37-22(25)2)23-9-14-39(15-10-23)18-13-36/h4-8,19-20,23-24H,3,9-12,14-18,21H2,1-2H3. The molecule has 8 nitrogen and oxygen atoms in total. The fraction of sp³-hybridized carbons (Fsp3) is 0.455. The van der Waals surface area contributed by atoms with Crippen LogP contribution < -0.4 is 9.64 Å². The van der Waals surface area contributed by atoms with Gasteiger partial charge in [-0.1, -0.05) is 12.1 Å². The van der Waals surface area contributed by atoms with E-state index in [1.807, 2.05) is 25.1 Å². The lowest BCUT2D eigenvalue weighted by atomic mass is 9.92. The Morgan fingerprint density at radius 1 is 1.05 bits per heavy atom. The predicted molar refractivity (Wildman–Crippen MR) is 158 cm³/mol. The molecule has 2 saturated heterocycles. The molecule has 10 heteroatoms. The van der Waals surface area contributed by atoms with Crippen LogP contribution in [0.15, 0.2) is 42.5 Å². The molecule has 0 amide bonds. The normalized spacial score (nSPS) is 16.6. The van der Waals surface area contributed by atoms with Crippen LogP contribution in [-0.4, -0.2) is 60.2 Å². The molecule has 0 atom stereocenters. The average molecular weight is 590 g/mol. The maximum Gasteiger partial charge on any atom is 0.309 e. The Kier molecular flexibility index (Phi) is 9.82. The third-order valence-corrected chi connectivity index (χ3v) is 8.35. The van der Waals surface area contributed by atoms with Gasteiger partial charge in [-0.15, -0.1) is 0 Å². The van der Waals surface area contributed by atoms with Gasteiger partial charge >= 0.3 is 5.97 Å². The summed E-state index contributed by atoms with van der Waals surface area (Å²) in [5.74, 6) is -0.886. The predicted octanol–water partition coefficient (Wildman–Crippen LogP) is 5.79. The van der Waals surface area contributed by atoms with Gasteiger partial charge in [0.15, 0.2) is 11.6 Å². The Hall–Kier alpha value is -4.10. The molecular formula is C33H37F2N5O3. The van der Waals surface area contributed by atoms with Crippen LogP contribution in [0.1, 0.15) is 55.5 Å². The molecule has 43 heavy (non-hydrogen) atoms. The van der Waals surface area contributed by atoms with Crippen LogP contribution in [0.2, 0.25) is 0 Å². The first-order valence-electron chi connectivity index (χ1n) is 14.9. The minimum Gasteiger partial charge on any atom is -0.485 e. The highest BCUT2D eigenvalue weighted by Gasteiger charge is 2.27. The van der Waals surface area contributed by atoms with Gasteiger partial charge in [0, 0.05) is 47.6 Å². The average Bonchev–Trinajstić information content (AvgIpc) is 3.01. The van der Waals surface area contributed by atoms with Gasteiger partial charge in [0.2, 0.25) is 0 Å². The number of hydrogen-bond donors (Lipinski definition) is 0. The van der Waals surface area contributed by atoms with Gasteiger partial charge in [-0.3, -0.25) is 14.7 Å². The molecule has 0 radical (unpaired) electrons. The van der Waals surface area contributed by atoms with Crippen molar-refractivity contribution in [1.29, 1.82) is 5.26 Å². The zero-order valence-electron chi connectivity index (χ0n) is 24.7. The van der Waals surface area contributed by atoms with E-state index in [1.54, 1.807) is 19.1 Å². The number of nitrogens with zero attached hydrogens (tertiary/aromatic N) is 5. The van der Waals surface area contributed by atoms with E-state index < -0.39 is 11.6 Å². The molecule has 2 aliphatic heterocycles. The van der Waals surface area contributed by atoms with Gasteiger partial charge in [-0.05, 0) is 76.9 Å². The second-order valence-corrected chi connectivity index (χ2v) is 11.1. The van der Waals surface area contributed by atoms with Crippen LogP contribution in [0.3, 0.4) is 0 Å². The van der Waals surface area contributed by atoms with Crippen LogP contribution >= 0.6 is 0 Å². The number of piperidine rings is 2. The number of carbonyl (C=O) groups is 1. The number of benzene rings is 1. The highest BCUT2D eigenvalue weighted by atomic mass is 19.1. The first-order valence-corrected chi connectivity index (χ1v) is 14.9. The molecule has 4 heterocycles. The molecule has 2 aliphatic rings. The molecule has 0 unspecified atom stereocenters. The molecule has 0 aliphatic carbocycles. The number of anilines is 1. The smallest absolute Gasteiger partial charge is 0.309 e. The molecule has 2 fully saturated rings. The Morgan fingerprint density at radius 3 is 2.51 bits per heavy atom. The highest BCUT2D eigenvalue weighted by molar-refractivity contribution is 5.73. The van der Waals surface area contributed by atoms with E-state index in [-0.39, 0.29) is 29.8 Å². The third-order valence-electron chi connectivity index (χ3n) is 8.35. The number of esters is 1. The number of likely N-dealkylation sites (tertiary alicyclic amines) is 1. The van der Waals surface area contributed by atoms with Crippen LogP contribution in [0.25, 0.3) is 11.3 Å². The third kappa shape index (κ3) is 7.28. The summed E-state index contributed by atoms with van der Waals surface area (Å²) in [6.07, 6.45) is 3.20. The first kappa shape index (κ1) is 30.4. The maximum atomic E-state index is 15.1. The van der Waals surface area contributed by atoms with Crippen molar-refractivity contribution in [2.24, 2.45) is 5.92 Å². The summed E-state index contributed by atoms with van der Waals surface area (Å²) in [4.78, 5) is 25.9. The number of aromatic nitrogens is 2.